The highest BCUT2D eigenvalue weighted by Gasteiger charge is 2.33. The van der Waals surface area contributed by atoms with Gasteiger partial charge in [0.2, 0.25) is 6.17 Å². The summed E-state index contributed by atoms with van der Waals surface area (Å²) in [5.41, 5.74) is 2.22. The molecule has 1 fully saturated rings. The zero-order chi connectivity index (χ0) is 22.0. The fourth-order valence-corrected chi connectivity index (χ4v) is 3.82. The van der Waals surface area contributed by atoms with E-state index in [-0.39, 0.29) is 5.91 Å². The van der Waals surface area contributed by atoms with E-state index < -0.39 is 12.2 Å². The van der Waals surface area contributed by atoms with Gasteiger partial charge in [-0.05, 0) is 43.4 Å². The molecule has 2 heterocycles. The molecule has 8 nitrogen and oxygen atoms in total. The largest absolute Gasteiger partial charge is 0.354 e. The molecule has 2 aliphatic rings. The van der Waals surface area contributed by atoms with Gasteiger partial charge in [-0.3, -0.25) is 4.79 Å². The number of halogens is 1. The minimum atomic E-state index is -1.04. The van der Waals surface area contributed by atoms with Gasteiger partial charge in [0.05, 0.1) is 5.69 Å². The number of benzodiazepines with no additional fused rings is 1. The lowest BCUT2D eigenvalue weighted by atomic mass is 10.1. The van der Waals surface area contributed by atoms with Crippen molar-refractivity contribution in [2.45, 2.75) is 6.17 Å². The second kappa shape index (κ2) is 8.95. The van der Waals surface area contributed by atoms with Gasteiger partial charge in [0.25, 0.3) is 5.91 Å². The number of hydrogen-bond acceptors (Lipinski definition) is 5. The van der Waals surface area contributed by atoms with Crippen LogP contribution in [0.5, 0.6) is 0 Å². The molecule has 1 atom stereocenters. The van der Waals surface area contributed by atoms with Gasteiger partial charge in [0, 0.05) is 49.5 Å². The Bertz CT molecular complexity index is 1000. The fourth-order valence-electron chi connectivity index (χ4n) is 3.69. The molecule has 9 heteroatoms. The summed E-state index contributed by atoms with van der Waals surface area (Å²) in [6, 6.07) is 13.9. The molecule has 162 valence electrons. The van der Waals surface area contributed by atoms with E-state index in [1.165, 1.54) is 0 Å². The van der Waals surface area contributed by atoms with Crippen molar-refractivity contribution in [3.63, 3.8) is 0 Å². The van der Waals surface area contributed by atoms with Gasteiger partial charge in [-0.15, -0.1) is 0 Å². The monoisotopic (exact) mass is 440 g/mol. The molecule has 2 aliphatic heterocycles. The Morgan fingerprint density at radius 1 is 1.03 bits per heavy atom. The van der Waals surface area contributed by atoms with Crippen molar-refractivity contribution >= 4 is 40.7 Å². The van der Waals surface area contributed by atoms with E-state index in [0.29, 0.717) is 10.7 Å². The number of carbonyl (C=O) groups excluding carboxylic acids is 2. The average Bonchev–Trinajstić information content (AvgIpc) is 2.87. The Morgan fingerprint density at radius 2 is 1.71 bits per heavy atom. The van der Waals surface area contributed by atoms with Crippen molar-refractivity contribution in [2.75, 3.05) is 50.5 Å². The second-order valence-corrected chi connectivity index (χ2v) is 8.10. The number of amidine groups is 1. The molecular formula is C22H25ClN6O2. The van der Waals surface area contributed by atoms with Gasteiger partial charge in [0.15, 0.2) is 0 Å². The third-order valence-electron chi connectivity index (χ3n) is 5.49. The highest BCUT2D eigenvalue weighted by Crippen LogP contribution is 2.26. The number of hydrogen-bond donors (Lipinski definition) is 2. The highest BCUT2D eigenvalue weighted by atomic mass is 35.5. The van der Waals surface area contributed by atoms with Crippen LogP contribution in [0.15, 0.2) is 53.5 Å². The topological polar surface area (TPSA) is 80.3 Å². The van der Waals surface area contributed by atoms with Crippen LogP contribution in [0.2, 0.25) is 5.02 Å². The van der Waals surface area contributed by atoms with Crippen molar-refractivity contribution in [1.82, 2.24) is 15.1 Å². The zero-order valence-corrected chi connectivity index (χ0v) is 18.3. The van der Waals surface area contributed by atoms with Gasteiger partial charge >= 0.3 is 6.03 Å². The maximum absolute atomic E-state index is 13.2. The van der Waals surface area contributed by atoms with Gasteiger partial charge in [-0.25, -0.2) is 9.79 Å². The van der Waals surface area contributed by atoms with Crippen LogP contribution < -0.4 is 15.5 Å². The first-order valence-electron chi connectivity index (χ1n) is 10.1. The van der Waals surface area contributed by atoms with Crippen molar-refractivity contribution in [3.8, 4) is 0 Å². The number of carbonyl (C=O) groups is 2. The average molecular weight is 441 g/mol. The molecule has 0 spiro atoms. The Labute approximate surface area is 186 Å². The number of nitrogens with one attached hydrogen (secondary N) is 2. The summed E-state index contributed by atoms with van der Waals surface area (Å²) in [5, 5.41) is 6.02. The fraction of sp³-hybridized carbons (Fsp3) is 0.318. The maximum atomic E-state index is 13.2. The Balaban J connectivity index is 1.62. The van der Waals surface area contributed by atoms with Crippen molar-refractivity contribution in [3.05, 3.63) is 59.1 Å². The Kier molecular flexibility index (Phi) is 6.11. The van der Waals surface area contributed by atoms with Crippen LogP contribution >= 0.6 is 11.6 Å². The lowest BCUT2D eigenvalue weighted by Crippen LogP contribution is -2.49. The number of benzene rings is 2. The van der Waals surface area contributed by atoms with Gasteiger partial charge in [0.1, 0.15) is 5.84 Å². The standard InChI is InChI=1S/C22H25ClN6O2/c1-27-11-13-29(14-12-27)20-17-5-3-4-6-18(17)28(2)21(30)19(25-20)26-22(31)24-16-9-7-15(23)8-10-16/h3-10,19H,11-14H2,1-2H3,(H2,24,26,31)/t19-/m0/s1. The molecular weight excluding hydrogens is 416 g/mol. The van der Waals surface area contributed by atoms with Crippen LogP contribution in [0.1, 0.15) is 5.56 Å². The van der Waals surface area contributed by atoms with Crippen LogP contribution in [-0.2, 0) is 4.79 Å². The first kappa shape index (κ1) is 21.1. The predicted molar refractivity (Wildman–Crippen MR) is 123 cm³/mol. The molecule has 0 aliphatic carbocycles. The summed E-state index contributed by atoms with van der Waals surface area (Å²) in [7, 11) is 3.79. The van der Waals surface area contributed by atoms with Gasteiger partial charge in [-0.2, -0.15) is 0 Å². The molecule has 2 aromatic carbocycles. The number of urea groups is 1. The third kappa shape index (κ3) is 4.65. The molecule has 0 bridgehead atoms. The highest BCUT2D eigenvalue weighted by molar-refractivity contribution is 6.30. The smallest absolute Gasteiger partial charge is 0.321 e. The normalized spacial score (nSPS) is 19.4. The van der Waals surface area contributed by atoms with E-state index in [4.69, 9.17) is 16.6 Å². The number of rotatable bonds is 2. The SMILES string of the molecule is CN1CCN(C2=N[C@@H](NC(=O)Nc3ccc(Cl)cc3)C(=O)N(C)c3ccccc32)CC1. The lowest BCUT2D eigenvalue weighted by Gasteiger charge is -2.35. The first-order chi connectivity index (χ1) is 14.9. The molecule has 0 saturated carbocycles. The summed E-state index contributed by atoms with van der Waals surface area (Å²) in [4.78, 5) is 36.5. The third-order valence-corrected chi connectivity index (χ3v) is 5.75. The number of aliphatic imine (C=N–C) groups is 1. The summed E-state index contributed by atoms with van der Waals surface area (Å²) in [6.45, 7) is 3.40. The van der Waals surface area contributed by atoms with E-state index in [9.17, 15) is 9.59 Å². The number of amides is 3. The predicted octanol–water partition coefficient (Wildman–Crippen LogP) is 2.46. The number of piperazine rings is 1. The van der Waals surface area contributed by atoms with Crippen LogP contribution in [-0.4, -0.2) is 74.0 Å². The molecule has 1 saturated heterocycles. The van der Waals surface area contributed by atoms with E-state index >= 15 is 0 Å². The molecule has 2 N–H and O–H groups in total. The Hall–Kier alpha value is -3.10. The Morgan fingerprint density at radius 3 is 2.42 bits per heavy atom. The summed E-state index contributed by atoms with van der Waals surface area (Å²) in [5.74, 6) is 0.418. The van der Waals surface area contributed by atoms with Crippen LogP contribution in [0.25, 0.3) is 0 Å². The molecule has 0 unspecified atom stereocenters. The number of fused-ring (bicyclic) bond motifs is 1. The second-order valence-electron chi connectivity index (χ2n) is 7.67. The van der Waals surface area contributed by atoms with E-state index in [0.717, 1.165) is 43.3 Å². The number of likely N-dealkylation sites (N-methyl/N-ethyl adjacent to an activating group) is 2. The van der Waals surface area contributed by atoms with Crippen LogP contribution in [0, 0.1) is 0 Å². The van der Waals surface area contributed by atoms with Crippen molar-refractivity contribution < 1.29 is 9.59 Å². The lowest BCUT2D eigenvalue weighted by molar-refractivity contribution is -0.119. The summed E-state index contributed by atoms with van der Waals surface area (Å²) < 4.78 is 0. The van der Waals surface area contributed by atoms with Crippen molar-refractivity contribution in [1.29, 1.82) is 0 Å². The van der Waals surface area contributed by atoms with Crippen LogP contribution in [0.4, 0.5) is 16.2 Å². The molecule has 31 heavy (non-hydrogen) atoms. The number of para-hydroxylation sites is 1. The summed E-state index contributed by atoms with van der Waals surface area (Å²) >= 11 is 5.90. The maximum Gasteiger partial charge on any atom is 0.321 e. The van der Waals surface area contributed by atoms with Gasteiger partial charge < -0.3 is 25.3 Å². The van der Waals surface area contributed by atoms with E-state index in [2.05, 4.69) is 27.5 Å². The minimum absolute atomic E-state index is 0.303. The number of nitrogens with zero attached hydrogens (tertiary/aromatic N) is 4. The molecule has 0 radical (unpaired) electrons. The van der Waals surface area contributed by atoms with E-state index in [1.807, 2.05) is 24.3 Å². The summed E-state index contributed by atoms with van der Waals surface area (Å²) in [6.07, 6.45) is -1.04. The first-order valence-corrected chi connectivity index (χ1v) is 10.5. The molecule has 0 aromatic heterocycles. The van der Waals surface area contributed by atoms with Crippen molar-refractivity contribution in [2.24, 2.45) is 4.99 Å². The molecule has 2 aromatic rings. The van der Waals surface area contributed by atoms with E-state index in [1.54, 1.807) is 36.2 Å². The van der Waals surface area contributed by atoms with Crippen LogP contribution in [0.3, 0.4) is 0 Å². The molecule has 3 amide bonds. The quantitative estimate of drug-likeness (QED) is 0.751. The number of anilines is 2. The molecule has 4 rings (SSSR count). The zero-order valence-electron chi connectivity index (χ0n) is 17.5. The van der Waals surface area contributed by atoms with Gasteiger partial charge in [-0.1, -0.05) is 23.7 Å². The minimum Gasteiger partial charge on any atom is -0.354 e.